The van der Waals surface area contributed by atoms with Gasteiger partial charge in [0, 0.05) is 17.3 Å². The minimum absolute atomic E-state index is 0.0374. The number of thioether (sulfide) groups is 1. The van der Waals surface area contributed by atoms with Crippen LogP contribution in [0.25, 0.3) is 10.2 Å². The van der Waals surface area contributed by atoms with Crippen LogP contribution in [0.5, 0.6) is 0 Å². The van der Waals surface area contributed by atoms with Gasteiger partial charge >= 0.3 is 0 Å². The zero-order chi connectivity index (χ0) is 20.2. The number of aromatic nitrogens is 2. The summed E-state index contributed by atoms with van der Waals surface area (Å²) in [6.45, 7) is 2.53. The maximum absolute atomic E-state index is 13.3. The van der Waals surface area contributed by atoms with Crippen molar-refractivity contribution in [3.8, 4) is 0 Å². The lowest BCUT2D eigenvalue weighted by molar-refractivity contribution is -0.118. The first-order valence-electron chi connectivity index (χ1n) is 9.32. The quantitative estimate of drug-likeness (QED) is 0.387. The number of anilines is 1. The lowest BCUT2D eigenvalue weighted by Crippen LogP contribution is -2.31. The van der Waals surface area contributed by atoms with Gasteiger partial charge in [0.05, 0.1) is 23.2 Å². The molecule has 0 atom stereocenters. The minimum atomic E-state index is 0.0374. The Kier molecular flexibility index (Phi) is 5.92. The van der Waals surface area contributed by atoms with Crippen LogP contribution in [0.2, 0.25) is 0 Å². The van der Waals surface area contributed by atoms with Crippen LogP contribution in [0.4, 0.5) is 5.13 Å². The fourth-order valence-electron chi connectivity index (χ4n) is 3.14. The number of fused-ring (bicyclic) bond motifs is 1. The van der Waals surface area contributed by atoms with Crippen molar-refractivity contribution in [2.24, 2.45) is 0 Å². The van der Waals surface area contributed by atoms with Crippen molar-refractivity contribution in [1.29, 1.82) is 0 Å². The SMILES string of the molecule is CSc1ccc(CC(=O)N(Cc2ccncc2)c2nc3c(C)cccc3s2)cc1. The van der Waals surface area contributed by atoms with E-state index in [0.717, 1.165) is 32.0 Å². The van der Waals surface area contributed by atoms with Gasteiger partial charge in [-0.1, -0.05) is 35.6 Å². The number of pyridine rings is 1. The van der Waals surface area contributed by atoms with E-state index in [1.54, 1.807) is 40.4 Å². The standard InChI is InChI=1S/C23H21N3OS2/c1-16-4-3-5-20-22(16)25-23(29-20)26(15-18-10-12-24-13-11-18)21(27)14-17-6-8-19(28-2)9-7-17/h3-13H,14-15H2,1-2H3. The Balaban J connectivity index is 1.66. The molecule has 0 bridgehead atoms. The number of hydrogen-bond acceptors (Lipinski definition) is 5. The van der Waals surface area contributed by atoms with E-state index < -0.39 is 0 Å². The first-order chi connectivity index (χ1) is 14.1. The van der Waals surface area contributed by atoms with Gasteiger partial charge in [0.2, 0.25) is 5.91 Å². The predicted octanol–water partition coefficient (Wildman–Crippen LogP) is 5.50. The molecule has 0 saturated heterocycles. The lowest BCUT2D eigenvalue weighted by Gasteiger charge is -2.20. The number of carbonyl (C=O) groups is 1. The van der Waals surface area contributed by atoms with Gasteiger partial charge in [-0.15, -0.1) is 11.8 Å². The number of hydrogen-bond donors (Lipinski definition) is 0. The highest BCUT2D eigenvalue weighted by molar-refractivity contribution is 7.98. The van der Waals surface area contributed by atoms with Crippen LogP contribution in [0, 0.1) is 6.92 Å². The molecule has 146 valence electrons. The molecular formula is C23H21N3OS2. The molecule has 0 aliphatic carbocycles. The van der Waals surface area contributed by atoms with Gasteiger partial charge in [-0.2, -0.15) is 0 Å². The summed E-state index contributed by atoms with van der Waals surface area (Å²) in [4.78, 5) is 25.2. The molecule has 4 aromatic rings. The molecule has 0 spiro atoms. The Bertz CT molecular complexity index is 1120. The number of rotatable bonds is 6. The monoisotopic (exact) mass is 419 g/mol. The third-order valence-corrected chi connectivity index (χ3v) is 6.53. The second-order valence-corrected chi connectivity index (χ2v) is 8.67. The van der Waals surface area contributed by atoms with E-state index in [4.69, 9.17) is 4.98 Å². The van der Waals surface area contributed by atoms with Gasteiger partial charge in [-0.25, -0.2) is 4.98 Å². The Morgan fingerprint density at radius 1 is 1.03 bits per heavy atom. The van der Waals surface area contributed by atoms with E-state index in [0.29, 0.717) is 13.0 Å². The molecule has 0 saturated carbocycles. The molecule has 0 unspecified atom stereocenters. The highest BCUT2D eigenvalue weighted by Gasteiger charge is 2.21. The molecule has 0 fully saturated rings. The maximum Gasteiger partial charge on any atom is 0.233 e. The maximum atomic E-state index is 13.3. The summed E-state index contributed by atoms with van der Waals surface area (Å²) >= 11 is 3.25. The Labute approximate surface area is 178 Å². The Morgan fingerprint density at radius 2 is 1.79 bits per heavy atom. The zero-order valence-corrected chi connectivity index (χ0v) is 18.0. The molecule has 4 rings (SSSR count). The molecule has 0 N–H and O–H groups in total. The summed E-state index contributed by atoms with van der Waals surface area (Å²) in [6.07, 6.45) is 5.89. The summed E-state index contributed by atoms with van der Waals surface area (Å²) in [5.41, 5.74) is 4.12. The number of aryl methyl sites for hydroxylation is 1. The van der Waals surface area contributed by atoms with Crippen molar-refractivity contribution in [2.75, 3.05) is 11.2 Å². The molecular weight excluding hydrogens is 398 g/mol. The number of amides is 1. The van der Waals surface area contributed by atoms with Gasteiger partial charge in [-0.3, -0.25) is 14.7 Å². The fraction of sp³-hybridized carbons (Fsp3) is 0.174. The van der Waals surface area contributed by atoms with Crippen molar-refractivity contribution in [2.45, 2.75) is 24.8 Å². The van der Waals surface area contributed by atoms with Crippen molar-refractivity contribution in [3.05, 3.63) is 83.7 Å². The molecule has 0 aliphatic rings. The van der Waals surface area contributed by atoms with Gasteiger partial charge in [0.25, 0.3) is 0 Å². The molecule has 0 aliphatic heterocycles. The zero-order valence-electron chi connectivity index (χ0n) is 16.3. The van der Waals surface area contributed by atoms with E-state index >= 15 is 0 Å². The van der Waals surface area contributed by atoms with Gasteiger partial charge < -0.3 is 0 Å². The number of nitrogens with zero attached hydrogens (tertiary/aromatic N) is 3. The Hall–Kier alpha value is -2.70. The smallest absolute Gasteiger partial charge is 0.233 e. The second-order valence-electron chi connectivity index (χ2n) is 6.78. The highest BCUT2D eigenvalue weighted by Crippen LogP contribution is 2.32. The molecule has 2 aromatic heterocycles. The van der Waals surface area contributed by atoms with Gasteiger partial charge in [0.15, 0.2) is 5.13 Å². The first kappa shape index (κ1) is 19.6. The molecule has 29 heavy (non-hydrogen) atoms. The normalized spacial score (nSPS) is 11.0. The van der Waals surface area contributed by atoms with Gasteiger partial charge in [-0.05, 0) is 60.2 Å². The summed E-state index contributed by atoms with van der Waals surface area (Å²) in [5.74, 6) is 0.0374. The summed E-state index contributed by atoms with van der Waals surface area (Å²) in [6, 6.07) is 18.2. The van der Waals surface area contributed by atoms with Crippen molar-refractivity contribution in [3.63, 3.8) is 0 Å². The summed E-state index contributed by atoms with van der Waals surface area (Å²) in [7, 11) is 0. The third-order valence-electron chi connectivity index (χ3n) is 4.75. The van der Waals surface area contributed by atoms with Crippen LogP contribution in [0.1, 0.15) is 16.7 Å². The lowest BCUT2D eigenvalue weighted by atomic mass is 10.1. The Morgan fingerprint density at radius 3 is 2.48 bits per heavy atom. The van der Waals surface area contributed by atoms with E-state index in [1.807, 2.05) is 49.6 Å². The number of thiazole rings is 1. The van der Waals surface area contributed by atoms with Crippen LogP contribution in [0.15, 0.2) is 71.9 Å². The second kappa shape index (κ2) is 8.76. The molecule has 2 aromatic carbocycles. The molecule has 1 amide bonds. The van der Waals surface area contributed by atoms with Gasteiger partial charge in [0.1, 0.15) is 0 Å². The van der Waals surface area contributed by atoms with Crippen LogP contribution < -0.4 is 4.90 Å². The first-order valence-corrected chi connectivity index (χ1v) is 11.4. The average Bonchev–Trinajstić information content (AvgIpc) is 3.18. The van der Waals surface area contributed by atoms with Crippen molar-refractivity contribution < 1.29 is 4.79 Å². The largest absolute Gasteiger partial charge is 0.283 e. The molecule has 0 radical (unpaired) electrons. The molecule has 6 heteroatoms. The molecule has 2 heterocycles. The van der Waals surface area contributed by atoms with E-state index in [-0.39, 0.29) is 5.91 Å². The van der Waals surface area contributed by atoms with Crippen molar-refractivity contribution >= 4 is 44.4 Å². The van der Waals surface area contributed by atoms with Crippen LogP contribution in [-0.4, -0.2) is 22.1 Å². The number of carbonyl (C=O) groups excluding carboxylic acids is 1. The van der Waals surface area contributed by atoms with E-state index in [1.165, 1.54) is 4.90 Å². The number of benzene rings is 2. The number of para-hydroxylation sites is 1. The highest BCUT2D eigenvalue weighted by atomic mass is 32.2. The van der Waals surface area contributed by atoms with Crippen molar-refractivity contribution in [1.82, 2.24) is 9.97 Å². The van der Waals surface area contributed by atoms with E-state index in [9.17, 15) is 4.79 Å². The third kappa shape index (κ3) is 4.49. The average molecular weight is 420 g/mol. The minimum Gasteiger partial charge on any atom is -0.283 e. The predicted molar refractivity (Wildman–Crippen MR) is 122 cm³/mol. The van der Waals surface area contributed by atoms with Crippen LogP contribution in [0.3, 0.4) is 0 Å². The fourth-order valence-corrected chi connectivity index (χ4v) is 4.60. The molecule has 4 nitrogen and oxygen atoms in total. The summed E-state index contributed by atoms with van der Waals surface area (Å²) < 4.78 is 1.09. The topological polar surface area (TPSA) is 46.1 Å². The van der Waals surface area contributed by atoms with Crippen LogP contribution in [-0.2, 0) is 17.8 Å². The summed E-state index contributed by atoms with van der Waals surface area (Å²) in [5, 5.41) is 0.733. The van der Waals surface area contributed by atoms with E-state index in [2.05, 4.69) is 23.2 Å². The van der Waals surface area contributed by atoms with Crippen LogP contribution >= 0.6 is 23.1 Å².